The molecular weight excluding hydrogens is 254 g/mol. The Bertz CT molecular complexity index is 721. The van der Waals surface area contributed by atoms with E-state index >= 15 is 0 Å². The van der Waals surface area contributed by atoms with Gasteiger partial charge in [-0.2, -0.15) is 0 Å². The van der Waals surface area contributed by atoms with E-state index < -0.39 is 0 Å². The number of aromatic amines is 1. The lowest BCUT2D eigenvalue weighted by atomic mass is 9.99. The van der Waals surface area contributed by atoms with E-state index in [1.165, 1.54) is 11.6 Å². The van der Waals surface area contributed by atoms with Crippen LogP contribution in [0.4, 0.5) is 5.69 Å². The molecule has 0 atom stereocenters. The van der Waals surface area contributed by atoms with Crippen molar-refractivity contribution in [3.8, 4) is 0 Å². The van der Waals surface area contributed by atoms with Gasteiger partial charge in [-0.25, -0.2) is 0 Å². The number of carbonyl (C=O) groups is 1. The molecule has 3 N–H and O–H groups in total. The maximum atomic E-state index is 12.4. The van der Waals surface area contributed by atoms with Crippen molar-refractivity contribution >= 4 is 11.6 Å². The highest BCUT2D eigenvalue weighted by atomic mass is 16.2. The van der Waals surface area contributed by atoms with Crippen LogP contribution < -0.4 is 11.3 Å². The number of nitrogen functional groups attached to an aromatic ring is 1. The van der Waals surface area contributed by atoms with Gasteiger partial charge in [0.2, 0.25) is 5.56 Å². The monoisotopic (exact) mass is 269 g/mol. The molecule has 0 unspecified atom stereocenters. The van der Waals surface area contributed by atoms with E-state index in [1.54, 1.807) is 17.0 Å². The van der Waals surface area contributed by atoms with Crippen LogP contribution in [0, 0.1) is 0 Å². The van der Waals surface area contributed by atoms with Crippen LogP contribution in [-0.4, -0.2) is 22.3 Å². The fraction of sp³-hybridized carbons (Fsp3) is 0.200. The summed E-state index contributed by atoms with van der Waals surface area (Å²) >= 11 is 0. The number of hydrogen-bond acceptors (Lipinski definition) is 3. The third kappa shape index (κ3) is 2.30. The Kier molecular flexibility index (Phi) is 3.02. The van der Waals surface area contributed by atoms with Crippen molar-refractivity contribution in [1.82, 2.24) is 9.88 Å². The second-order valence-electron chi connectivity index (χ2n) is 4.93. The zero-order valence-electron chi connectivity index (χ0n) is 10.9. The molecule has 5 heteroatoms. The van der Waals surface area contributed by atoms with Crippen LogP contribution in [-0.2, 0) is 13.0 Å². The number of H-pyrrole nitrogens is 1. The average molecular weight is 269 g/mol. The molecule has 1 aromatic carbocycles. The van der Waals surface area contributed by atoms with E-state index in [1.807, 2.05) is 18.2 Å². The number of carbonyl (C=O) groups excluding carboxylic acids is 1. The van der Waals surface area contributed by atoms with Crippen LogP contribution in [0.1, 0.15) is 21.6 Å². The largest absolute Gasteiger partial charge is 0.399 e. The molecule has 1 aliphatic rings. The summed E-state index contributed by atoms with van der Waals surface area (Å²) in [5.74, 6) is -0.157. The van der Waals surface area contributed by atoms with E-state index in [9.17, 15) is 9.59 Å². The Morgan fingerprint density at radius 2 is 2.05 bits per heavy atom. The summed E-state index contributed by atoms with van der Waals surface area (Å²) in [6.07, 6.45) is 0.804. The minimum Gasteiger partial charge on any atom is -0.399 e. The van der Waals surface area contributed by atoms with Gasteiger partial charge in [0.1, 0.15) is 5.69 Å². The Morgan fingerprint density at radius 3 is 2.85 bits per heavy atom. The zero-order valence-corrected chi connectivity index (χ0v) is 10.9. The first-order chi connectivity index (χ1) is 9.63. The SMILES string of the molecule is Nc1ccc2c(c1)CN(C(=O)c1cccc(=O)[nH]1)CC2. The van der Waals surface area contributed by atoms with E-state index in [4.69, 9.17) is 5.73 Å². The second-order valence-corrected chi connectivity index (χ2v) is 4.93. The van der Waals surface area contributed by atoms with Crippen molar-refractivity contribution in [1.29, 1.82) is 0 Å². The molecule has 0 aliphatic carbocycles. The van der Waals surface area contributed by atoms with Crippen molar-refractivity contribution in [2.75, 3.05) is 12.3 Å². The van der Waals surface area contributed by atoms with Crippen molar-refractivity contribution < 1.29 is 4.79 Å². The molecule has 3 rings (SSSR count). The van der Waals surface area contributed by atoms with Crippen LogP contribution in [0.15, 0.2) is 41.2 Å². The van der Waals surface area contributed by atoms with Gasteiger partial charge < -0.3 is 15.6 Å². The Balaban J connectivity index is 1.86. The molecule has 0 fully saturated rings. The summed E-state index contributed by atoms with van der Waals surface area (Å²) in [5, 5.41) is 0. The maximum absolute atomic E-state index is 12.4. The molecule has 0 bridgehead atoms. The predicted octanol–water partition coefficient (Wildman–Crippen LogP) is 1.16. The van der Waals surface area contributed by atoms with Crippen molar-refractivity contribution in [3.63, 3.8) is 0 Å². The summed E-state index contributed by atoms with van der Waals surface area (Å²) in [6, 6.07) is 10.4. The fourth-order valence-corrected chi connectivity index (χ4v) is 2.49. The number of aromatic nitrogens is 1. The molecule has 0 spiro atoms. The van der Waals surface area contributed by atoms with Gasteiger partial charge in [0.25, 0.3) is 5.91 Å². The molecule has 1 aromatic heterocycles. The molecule has 2 heterocycles. The number of benzene rings is 1. The Morgan fingerprint density at radius 1 is 1.20 bits per heavy atom. The van der Waals surface area contributed by atoms with Gasteiger partial charge in [0, 0.05) is 24.8 Å². The number of amides is 1. The summed E-state index contributed by atoms with van der Waals surface area (Å²) in [7, 11) is 0. The van der Waals surface area contributed by atoms with Crippen LogP contribution in [0.25, 0.3) is 0 Å². The first kappa shape index (κ1) is 12.5. The summed E-state index contributed by atoms with van der Waals surface area (Å²) in [5.41, 5.74) is 8.84. The smallest absolute Gasteiger partial charge is 0.270 e. The van der Waals surface area contributed by atoms with Gasteiger partial charge in [-0.05, 0) is 35.7 Å². The maximum Gasteiger partial charge on any atom is 0.270 e. The highest BCUT2D eigenvalue weighted by Crippen LogP contribution is 2.22. The number of anilines is 1. The van der Waals surface area contributed by atoms with E-state index in [0.717, 1.165) is 12.0 Å². The molecule has 20 heavy (non-hydrogen) atoms. The minimum atomic E-state index is -0.266. The summed E-state index contributed by atoms with van der Waals surface area (Å²) < 4.78 is 0. The first-order valence-corrected chi connectivity index (χ1v) is 6.49. The van der Waals surface area contributed by atoms with Crippen LogP contribution >= 0.6 is 0 Å². The Hall–Kier alpha value is -2.56. The van der Waals surface area contributed by atoms with Gasteiger partial charge in [-0.3, -0.25) is 9.59 Å². The number of pyridine rings is 1. The third-order valence-electron chi connectivity index (χ3n) is 3.53. The number of hydrogen-bond donors (Lipinski definition) is 2. The Labute approximate surface area is 116 Å². The third-order valence-corrected chi connectivity index (χ3v) is 3.53. The van der Waals surface area contributed by atoms with Gasteiger partial charge in [0.15, 0.2) is 0 Å². The molecule has 0 radical (unpaired) electrons. The first-order valence-electron chi connectivity index (χ1n) is 6.49. The normalized spacial score (nSPS) is 13.9. The van der Waals surface area contributed by atoms with Crippen molar-refractivity contribution in [2.24, 2.45) is 0 Å². The highest BCUT2D eigenvalue weighted by Gasteiger charge is 2.22. The van der Waals surface area contributed by atoms with Crippen molar-refractivity contribution in [2.45, 2.75) is 13.0 Å². The lowest BCUT2D eigenvalue weighted by Gasteiger charge is -2.29. The van der Waals surface area contributed by atoms with Gasteiger partial charge >= 0.3 is 0 Å². The van der Waals surface area contributed by atoms with E-state index in [-0.39, 0.29) is 11.5 Å². The second kappa shape index (κ2) is 4.85. The number of nitrogens with zero attached hydrogens (tertiary/aromatic N) is 1. The van der Waals surface area contributed by atoms with E-state index in [0.29, 0.717) is 24.5 Å². The molecular formula is C15H15N3O2. The topological polar surface area (TPSA) is 79.2 Å². The lowest BCUT2D eigenvalue weighted by Crippen LogP contribution is -2.37. The van der Waals surface area contributed by atoms with Gasteiger partial charge in [-0.15, -0.1) is 0 Å². The summed E-state index contributed by atoms with van der Waals surface area (Å²) in [4.78, 5) is 27.9. The zero-order chi connectivity index (χ0) is 14.1. The molecule has 0 saturated heterocycles. The van der Waals surface area contributed by atoms with Crippen LogP contribution in [0.2, 0.25) is 0 Å². The van der Waals surface area contributed by atoms with E-state index in [2.05, 4.69) is 4.98 Å². The standard InChI is InChI=1S/C15H15N3O2/c16-12-5-4-10-6-7-18(9-11(10)8-12)15(20)13-2-1-3-14(19)17-13/h1-5,8H,6-7,9,16H2,(H,17,19). The molecule has 0 saturated carbocycles. The molecule has 102 valence electrons. The lowest BCUT2D eigenvalue weighted by molar-refractivity contribution is 0.0728. The quantitative estimate of drug-likeness (QED) is 0.762. The van der Waals surface area contributed by atoms with Gasteiger partial charge in [0.05, 0.1) is 0 Å². The predicted molar refractivity (Wildman–Crippen MR) is 76.4 cm³/mol. The summed E-state index contributed by atoms with van der Waals surface area (Å²) in [6.45, 7) is 1.17. The average Bonchev–Trinajstić information content (AvgIpc) is 2.45. The fourth-order valence-electron chi connectivity index (χ4n) is 2.49. The number of fused-ring (bicyclic) bond motifs is 1. The number of nitrogens with one attached hydrogen (secondary N) is 1. The number of rotatable bonds is 1. The molecule has 1 amide bonds. The molecule has 1 aliphatic heterocycles. The van der Waals surface area contributed by atoms with Crippen LogP contribution in [0.5, 0.6) is 0 Å². The molecule has 2 aromatic rings. The molecule has 5 nitrogen and oxygen atoms in total. The van der Waals surface area contributed by atoms with Gasteiger partial charge in [-0.1, -0.05) is 12.1 Å². The van der Waals surface area contributed by atoms with Crippen LogP contribution in [0.3, 0.4) is 0 Å². The minimum absolute atomic E-state index is 0.157. The number of nitrogens with two attached hydrogens (primary N) is 1. The highest BCUT2D eigenvalue weighted by molar-refractivity contribution is 5.92. The van der Waals surface area contributed by atoms with Crippen molar-refractivity contribution in [3.05, 3.63) is 63.6 Å².